The summed E-state index contributed by atoms with van der Waals surface area (Å²) in [6, 6.07) is 11.1. The molecule has 172 valence electrons. The molecule has 1 aliphatic rings. The summed E-state index contributed by atoms with van der Waals surface area (Å²) >= 11 is 0. The second-order valence-corrected chi connectivity index (χ2v) is 8.04. The van der Waals surface area contributed by atoms with Crippen LogP contribution in [0.25, 0.3) is 0 Å². The molecule has 1 heterocycles. The Kier molecular flexibility index (Phi) is 8.19. The zero-order chi connectivity index (χ0) is 23.1. The maximum atomic E-state index is 13.5. The van der Waals surface area contributed by atoms with Crippen LogP contribution in [0.1, 0.15) is 28.8 Å². The summed E-state index contributed by atoms with van der Waals surface area (Å²) in [7, 11) is 5.34. The fourth-order valence-electron chi connectivity index (χ4n) is 3.77. The number of nitrogens with one attached hydrogen (secondary N) is 1. The zero-order valence-corrected chi connectivity index (χ0v) is 18.8. The Morgan fingerprint density at radius 2 is 2.03 bits per heavy atom. The first-order valence-corrected chi connectivity index (χ1v) is 10.6. The number of methoxy groups -OCH3 is 1. The second-order valence-electron chi connectivity index (χ2n) is 8.04. The van der Waals surface area contributed by atoms with E-state index in [0.29, 0.717) is 25.4 Å². The van der Waals surface area contributed by atoms with Crippen LogP contribution in [0.3, 0.4) is 0 Å². The molecule has 1 aliphatic heterocycles. The molecular formula is C24H30FN3O4. The molecule has 7 nitrogen and oxygen atoms in total. The van der Waals surface area contributed by atoms with Crippen molar-refractivity contribution in [2.24, 2.45) is 0 Å². The minimum Gasteiger partial charge on any atom is -0.377 e. The number of anilines is 2. The van der Waals surface area contributed by atoms with Crippen molar-refractivity contribution < 1.29 is 23.5 Å². The van der Waals surface area contributed by atoms with Crippen molar-refractivity contribution in [3.05, 3.63) is 59.4 Å². The molecule has 2 aromatic rings. The van der Waals surface area contributed by atoms with Gasteiger partial charge in [0.05, 0.1) is 6.10 Å². The van der Waals surface area contributed by atoms with Gasteiger partial charge in [-0.1, -0.05) is 6.07 Å². The van der Waals surface area contributed by atoms with E-state index in [0.717, 1.165) is 24.1 Å². The molecule has 0 radical (unpaired) electrons. The standard InChI is InChI=1S/C24H30FN3O4/c1-27(2)22-10-9-20(26-24(30)17-6-4-7-19(25)12-17)13-18(22)14-28(23(29)16-31-3)15-21-8-5-11-32-21/h4,6-7,9-10,12-13,21H,5,8,11,14-16H2,1-3H3,(H,26,30)/t21-/m1/s1. The van der Waals surface area contributed by atoms with Gasteiger partial charge in [0.2, 0.25) is 5.91 Å². The van der Waals surface area contributed by atoms with Crippen molar-refractivity contribution in [3.63, 3.8) is 0 Å². The van der Waals surface area contributed by atoms with Gasteiger partial charge in [-0.2, -0.15) is 0 Å². The fourth-order valence-corrected chi connectivity index (χ4v) is 3.77. The number of hydrogen-bond donors (Lipinski definition) is 1. The van der Waals surface area contributed by atoms with Gasteiger partial charge >= 0.3 is 0 Å². The van der Waals surface area contributed by atoms with Gasteiger partial charge in [-0.25, -0.2) is 4.39 Å². The molecule has 1 fully saturated rings. The molecule has 0 aromatic heterocycles. The Morgan fingerprint density at radius 3 is 2.69 bits per heavy atom. The van der Waals surface area contributed by atoms with Crippen LogP contribution >= 0.6 is 0 Å². The van der Waals surface area contributed by atoms with E-state index in [1.165, 1.54) is 25.3 Å². The van der Waals surface area contributed by atoms with Crippen molar-refractivity contribution in [1.82, 2.24) is 4.90 Å². The number of benzene rings is 2. The van der Waals surface area contributed by atoms with Crippen molar-refractivity contribution >= 4 is 23.2 Å². The van der Waals surface area contributed by atoms with Crippen LogP contribution in [0.5, 0.6) is 0 Å². The van der Waals surface area contributed by atoms with Gasteiger partial charge in [0.25, 0.3) is 5.91 Å². The summed E-state index contributed by atoms with van der Waals surface area (Å²) in [5, 5.41) is 2.82. The average molecular weight is 444 g/mol. The van der Waals surface area contributed by atoms with Crippen LogP contribution in [-0.4, -0.2) is 63.8 Å². The lowest BCUT2D eigenvalue weighted by Gasteiger charge is -2.28. The molecule has 0 saturated carbocycles. The summed E-state index contributed by atoms with van der Waals surface area (Å²) in [5.74, 6) is -0.996. The fraction of sp³-hybridized carbons (Fsp3) is 0.417. The van der Waals surface area contributed by atoms with Crippen LogP contribution in [-0.2, 0) is 20.8 Å². The predicted molar refractivity (Wildman–Crippen MR) is 121 cm³/mol. The Bertz CT molecular complexity index is 945. The third-order valence-corrected chi connectivity index (χ3v) is 5.34. The normalized spacial score (nSPS) is 15.4. The van der Waals surface area contributed by atoms with Gasteiger partial charge in [-0.15, -0.1) is 0 Å². The Hall–Kier alpha value is -2.97. The second kappa shape index (κ2) is 11.1. The minimum absolute atomic E-state index is 0.00877. The Morgan fingerprint density at radius 1 is 1.22 bits per heavy atom. The lowest BCUT2D eigenvalue weighted by molar-refractivity contribution is -0.137. The average Bonchev–Trinajstić information content (AvgIpc) is 3.26. The van der Waals surface area contributed by atoms with Crippen LogP contribution in [0, 0.1) is 5.82 Å². The molecule has 8 heteroatoms. The summed E-state index contributed by atoms with van der Waals surface area (Å²) in [4.78, 5) is 29.0. The number of nitrogens with zero attached hydrogens (tertiary/aromatic N) is 2. The first-order chi connectivity index (χ1) is 15.4. The largest absolute Gasteiger partial charge is 0.377 e. The maximum Gasteiger partial charge on any atom is 0.255 e. The van der Waals surface area contributed by atoms with E-state index in [4.69, 9.17) is 9.47 Å². The highest BCUT2D eigenvalue weighted by Crippen LogP contribution is 2.26. The molecule has 0 unspecified atom stereocenters. The van der Waals surface area contributed by atoms with Crippen molar-refractivity contribution in [2.45, 2.75) is 25.5 Å². The quantitative estimate of drug-likeness (QED) is 0.644. The van der Waals surface area contributed by atoms with E-state index in [-0.39, 0.29) is 24.2 Å². The van der Waals surface area contributed by atoms with Crippen LogP contribution < -0.4 is 10.2 Å². The number of hydrogen-bond acceptors (Lipinski definition) is 5. The van der Waals surface area contributed by atoms with E-state index in [1.54, 1.807) is 17.0 Å². The van der Waals surface area contributed by atoms with Crippen molar-refractivity contribution in [1.29, 1.82) is 0 Å². The number of rotatable bonds is 9. The third-order valence-electron chi connectivity index (χ3n) is 5.34. The van der Waals surface area contributed by atoms with Crippen molar-refractivity contribution in [2.75, 3.05) is 51.2 Å². The molecule has 1 N–H and O–H groups in total. The van der Waals surface area contributed by atoms with Gasteiger partial charge in [-0.05, 0) is 54.8 Å². The molecule has 1 saturated heterocycles. The van der Waals surface area contributed by atoms with Crippen LogP contribution in [0.4, 0.5) is 15.8 Å². The van der Waals surface area contributed by atoms with Gasteiger partial charge in [0.1, 0.15) is 12.4 Å². The first kappa shape index (κ1) is 23.7. The molecule has 32 heavy (non-hydrogen) atoms. The maximum absolute atomic E-state index is 13.5. The molecular weight excluding hydrogens is 413 g/mol. The molecule has 0 spiro atoms. The number of carbonyl (C=O) groups is 2. The Balaban J connectivity index is 1.83. The topological polar surface area (TPSA) is 71.1 Å². The summed E-state index contributed by atoms with van der Waals surface area (Å²) in [6.07, 6.45) is 1.91. The molecule has 2 aromatic carbocycles. The van der Waals surface area contributed by atoms with E-state index < -0.39 is 11.7 Å². The lowest BCUT2D eigenvalue weighted by Crippen LogP contribution is -2.39. The molecule has 0 aliphatic carbocycles. The Labute approximate surface area is 188 Å². The zero-order valence-electron chi connectivity index (χ0n) is 18.8. The number of amides is 2. The number of halogens is 1. The van der Waals surface area contributed by atoms with E-state index in [1.807, 2.05) is 31.1 Å². The van der Waals surface area contributed by atoms with Gasteiger partial charge in [0.15, 0.2) is 0 Å². The van der Waals surface area contributed by atoms with Crippen molar-refractivity contribution in [3.8, 4) is 0 Å². The first-order valence-electron chi connectivity index (χ1n) is 10.6. The number of carbonyl (C=O) groups excluding carboxylic acids is 2. The minimum atomic E-state index is -0.470. The SMILES string of the molecule is COCC(=O)N(Cc1cc(NC(=O)c2cccc(F)c2)ccc1N(C)C)C[C@H]1CCCO1. The highest BCUT2D eigenvalue weighted by Gasteiger charge is 2.24. The van der Waals surface area contributed by atoms with E-state index >= 15 is 0 Å². The third kappa shape index (κ3) is 6.27. The van der Waals surface area contributed by atoms with Gasteiger partial charge in [-0.3, -0.25) is 9.59 Å². The highest BCUT2D eigenvalue weighted by molar-refractivity contribution is 6.04. The predicted octanol–water partition coefficient (Wildman–Crippen LogP) is 3.30. The summed E-state index contributed by atoms with van der Waals surface area (Å²) < 4.78 is 24.3. The van der Waals surface area contributed by atoms with Crippen LogP contribution in [0.15, 0.2) is 42.5 Å². The monoisotopic (exact) mass is 443 g/mol. The summed E-state index contributed by atoms with van der Waals surface area (Å²) in [5.41, 5.74) is 2.60. The smallest absolute Gasteiger partial charge is 0.255 e. The van der Waals surface area contributed by atoms with E-state index in [9.17, 15) is 14.0 Å². The summed E-state index contributed by atoms with van der Waals surface area (Å²) in [6.45, 7) is 1.52. The lowest BCUT2D eigenvalue weighted by atomic mass is 10.1. The number of ether oxygens (including phenoxy) is 2. The molecule has 1 atom stereocenters. The van der Waals surface area contributed by atoms with E-state index in [2.05, 4.69) is 5.32 Å². The molecule has 3 rings (SSSR count). The van der Waals surface area contributed by atoms with Gasteiger partial charge < -0.3 is 24.6 Å². The van der Waals surface area contributed by atoms with Gasteiger partial charge in [0, 0.05) is 57.8 Å². The molecule has 2 amide bonds. The molecule has 0 bridgehead atoms. The van der Waals surface area contributed by atoms with Crippen LogP contribution in [0.2, 0.25) is 0 Å². The highest BCUT2D eigenvalue weighted by atomic mass is 19.1.